The van der Waals surface area contributed by atoms with Gasteiger partial charge in [-0.15, -0.1) is 11.8 Å². The summed E-state index contributed by atoms with van der Waals surface area (Å²) in [6.45, 7) is 1.14. The van der Waals surface area contributed by atoms with Crippen LogP contribution in [0.1, 0.15) is 12.8 Å². The first-order chi connectivity index (χ1) is 15.9. The van der Waals surface area contributed by atoms with Gasteiger partial charge in [-0.25, -0.2) is 8.42 Å². The van der Waals surface area contributed by atoms with Crippen molar-refractivity contribution in [1.82, 2.24) is 4.31 Å². The molecule has 1 aliphatic rings. The van der Waals surface area contributed by atoms with E-state index in [0.717, 1.165) is 17.7 Å². The Bertz CT molecular complexity index is 1210. The van der Waals surface area contributed by atoms with Crippen LogP contribution in [-0.4, -0.2) is 37.5 Å². The molecule has 6 nitrogen and oxygen atoms in total. The predicted octanol–water partition coefficient (Wildman–Crippen LogP) is 5.65. The number of benzene rings is 3. The second-order valence-electron chi connectivity index (χ2n) is 7.48. The molecule has 1 fully saturated rings. The van der Waals surface area contributed by atoms with Crippen molar-refractivity contribution in [3.63, 3.8) is 0 Å². The zero-order valence-electron chi connectivity index (χ0n) is 17.7. The Labute approximate surface area is 203 Å². The quantitative estimate of drug-likeness (QED) is 0.403. The predicted molar refractivity (Wildman–Crippen MR) is 132 cm³/mol. The molecule has 1 heterocycles. The molecule has 3 aromatic rings. The zero-order chi connectivity index (χ0) is 23.3. The number of anilines is 1. The van der Waals surface area contributed by atoms with Gasteiger partial charge in [0.25, 0.3) is 0 Å². The molecule has 0 aliphatic carbocycles. The molecule has 172 valence electrons. The maximum absolute atomic E-state index is 12.6. The third-order valence-corrected chi connectivity index (χ3v) is 8.24. The summed E-state index contributed by atoms with van der Waals surface area (Å²) in [4.78, 5) is 13.6. The number of hydrogen-bond donors (Lipinski definition) is 1. The Morgan fingerprint density at radius 3 is 2.39 bits per heavy atom. The van der Waals surface area contributed by atoms with Gasteiger partial charge in [-0.05, 0) is 67.4 Å². The number of thioether (sulfide) groups is 1. The molecule has 33 heavy (non-hydrogen) atoms. The highest BCUT2D eigenvalue weighted by Crippen LogP contribution is 2.32. The van der Waals surface area contributed by atoms with Crippen LogP contribution in [0.25, 0.3) is 0 Å². The number of para-hydroxylation sites is 1. The number of hydrogen-bond acceptors (Lipinski definition) is 5. The standard InChI is InChI=1S/C24H23ClN2O4S2/c25-18-8-13-23(31-19-6-2-1-3-7-19)22(16-18)26-24(28)17-32-20-9-11-21(12-10-20)33(29,30)27-14-4-5-15-27/h1-3,6-13,16H,4-5,14-15,17H2,(H,26,28). The lowest BCUT2D eigenvalue weighted by Gasteiger charge is -2.15. The van der Waals surface area contributed by atoms with Gasteiger partial charge >= 0.3 is 0 Å². The van der Waals surface area contributed by atoms with E-state index in [4.69, 9.17) is 16.3 Å². The second kappa shape index (κ2) is 10.6. The maximum Gasteiger partial charge on any atom is 0.243 e. The van der Waals surface area contributed by atoms with Gasteiger partial charge in [0.2, 0.25) is 15.9 Å². The smallest absolute Gasteiger partial charge is 0.243 e. The normalized spacial score (nSPS) is 14.2. The van der Waals surface area contributed by atoms with Crippen molar-refractivity contribution < 1.29 is 17.9 Å². The molecule has 0 spiro atoms. The summed E-state index contributed by atoms with van der Waals surface area (Å²) >= 11 is 7.43. The topological polar surface area (TPSA) is 75.7 Å². The number of carbonyl (C=O) groups is 1. The van der Waals surface area contributed by atoms with Crippen LogP contribution in [0.4, 0.5) is 5.69 Å². The Morgan fingerprint density at radius 2 is 1.70 bits per heavy atom. The summed E-state index contributed by atoms with van der Waals surface area (Å²) in [5.41, 5.74) is 0.476. The van der Waals surface area contributed by atoms with E-state index in [9.17, 15) is 13.2 Å². The fourth-order valence-electron chi connectivity index (χ4n) is 3.42. The summed E-state index contributed by atoms with van der Waals surface area (Å²) in [5, 5.41) is 3.32. The average Bonchev–Trinajstić information content (AvgIpc) is 3.37. The lowest BCUT2D eigenvalue weighted by atomic mass is 10.3. The monoisotopic (exact) mass is 502 g/mol. The number of rotatable bonds is 8. The first-order valence-corrected chi connectivity index (χ1v) is 13.3. The Kier molecular flexibility index (Phi) is 7.60. The first kappa shape index (κ1) is 23.6. The van der Waals surface area contributed by atoms with Gasteiger partial charge in [-0.3, -0.25) is 4.79 Å². The molecular weight excluding hydrogens is 480 g/mol. The summed E-state index contributed by atoms with van der Waals surface area (Å²) in [6, 6.07) is 20.9. The van der Waals surface area contributed by atoms with E-state index in [1.807, 2.05) is 30.3 Å². The molecule has 1 aliphatic heterocycles. The van der Waals surface area contributed by atoms with Crippen molar-refractivity contribution in [2.24, 2.45) is 0 Å². The molecule has 1 amide bonds. The zero-order valence-corrected chi connectivity index (χ0v) is 20.1. The summed E-state index contributed by atoms with van der Waals surface area (Å²) < 4.78 is 32.7. The van der Waals surface area contributed by atoms with Crippen LogP contribution in [0.15, 0.2) is 82.6 Å². The SMILES string of the molecule is O=C(CSc1ccc(S(=O)(=O)N2CCCC2)cc1)Nc1cc(Cl)ccc1Oc1ccccc1. The van der Waals surface area contributed by atoms with Crippen molar-refractivity contribution in [3.8, 4) is 11.5 Å². The van der Waals surface area contributed by atoms with Gasteiger partial charge in [0.15, 0.2) is 5.75 Å². The summed E-state index contributed by atoms with van der Waals surface area (Å²) in [7, 11) is -3.44. The fourth-order valence-corrected chi connectivity index (χ4v) is 5.81. The van der Waals surface area contributed by atoms with Gasteiger partial charge in [-0.2, -0.15) is 4.31 Å². The van der Waals surface area contributed by atoms with Crippen LogP contribution in [0, 0.1) is 0 Å². The van der Waals surface area contributed by atoms with E-state index in [1.54, 1.807) is 42.5 Å². The number of ether oxygens (including phenoxy) is 1. The average molecular weight is 503 g/mol. The highest BCUT2D eigenvalue weighted by atomic mass is 35.5. The van der Waals surface area contributed by atoms with Gasteiger partial charge in [-0.1, -0.05) is 29.8 Å². The van der Waals surface area contributed by atoms with Gasteiger partial charge in [0.1, 0.15) is 5.75 Å². The molecule has 9 heteroatoms. The fraction of sp³-hybridized carbons (Fsp3) is 0.208. The maximum atomic E-state index is 12.6. The number of nitrogens with one attached hydrogen (secondary N) is 1. The van der Waals surface area contributed by atoms with Crippen LogP contribution < -0.4 is 10.1 Å². The van der Waals surface area contributed by atoms with Crippen LogP contribution in [0.3, 0.4) is 0 Å². The molecule has 0 atom stereocenters. The van der Waals surface area contributed by atoms with Crippen LogP contribution >= 0.6 is 23.4 Å². The minimum atomic E-state index is -3.44. The molecule has 3 aromatic carbocycles. The molecule has 0 bridgehead atoms. The molecule has 1 saturated heterocycles. The second-order valence-corrected chi connectivity index (χ2v) is 10.9. The largest absolute Gasteiger partial charge is 0.455 e. The molecule has 0 saturated carbocycles. The van der Waals surface area contributed by atoms with E-state index < -0.39 is 10.0 Å². The van der Waals surface area contributed by atoms with E-state index in [2.05, 4.69) is 5.32 Å². The molecular formula is C24H23ClN2O4S2. The molecule has 0 unspecified atom stereocenters. The van der Waals surface area contributed by atoms with E-state index in [-0.39, 0.29) is 16.6 Å². The lowest BCUT2D eigenvalue weighted by Crippen LogP contribution is -2.27. The van der Waals surface area contributed by atoms with Crippen molar-refractivity contribution in [3.05, 3.63) is 77.8 Å². The number of carbonyl (C=O) groups excluding carboxylic acids is 1. The highest BCUT2D eigenvalue weighted by molar-refractivity contribution is 8.00. The lowest BCUT2D eigenvalue weighted by molar-refractivity contribution is -0.113. The van der Waals surface area contributed by atoms with Crippen molar-refractivity contribution >= 4 is 45.0 Å². The van der Waals surface area contributed by atoms with Crippen LogP contribution in [0.5, 0.6) is 11.5 Å². The van der Waals surface area contributed by atoms with Crippen molar-refractivity contribution in [2.45, 2.75) is 22.6 Å². The minimum absolute atomic E-state index is 0.148. The Morgan fingerprint density at radius 1 is 1.00 bits per heavy atom. The Hall–Kier alpha value is -2.52. The number of nitrogens with zero attached hydrogens (tertiary/aromatic N) is 1. The third kappa shape index (κ3) is 6.09. The summed E-state index contributed by atoms with van der Waals surface area (Å²) in [6.07, 6.45) is 1.79. The van der Waals surface area contributed by atoms with Crippen molar-refractivity contribution in [2.75, 3.05) is 24.2 Å². The molecule has 1 N–H and O–H groups in total. The summed E-state index contributed by atoms with van der Waals surface area (Å²) in [5.74, 6) is 1.05. The molecule has 0 radical (unpaired) electrons. The van der Waals surface area contributed by atoms with Gasteiger partial charge in [0.05, 0.1) is 16.3 Å². The molecule has 4 rings (SSSR count). The minimum Gasteiger partial charge on any atom is -0.455 e. The Balaban J connectivity index is 1.37. The van der Waals surface area contributed by atoms with E-state index in [0.29, 0.717) is 35.3 Å². The van der Waals surface area contributed by atoms with Gasteiger partial charge < -0.3 is 10.1 Å². The third-order valence-electron chi connectivity index (χ3n) is 5.08. The van der Waals surface area contributed by atoms with Crippen molar-refractivity contribution in [1.29, 1.82) is 0 Å². The number of amides is 1. The van der Waals surface area contributed by atoms with E-state index >= 15 is 0 Å². The first-order valence-electron chi connectivity index (χ1n) is 10.5. The van der Waals surface area contributed by atoms with Gasteiger partial charge in [0, 0.05) is 23.0 Å². The number of sulfonamides is 1. The van der Waals surface area contributed by atoms with Crippen LogP contribution in [-0.2, 0) is 14.8 Å². The number of halogens is 1. The van der Waals surface area contributed by atoms with Crippen LogP contribution in [0.2, 0.25) is 5.02 Å². The molecule has 0 aromatic heterocycles. The highest BCUT2D eigenvalue weighted by Gasteiger charge is 2.26. The van der Waals surface area contributed by atoms with E-state index in [1.165, 1.54) is 16.1 Å².